The number of rotatable bonds is 2. The minimum Gasteiger partial charge on any atom is -0.489 e. The van der Waals surface area contributed by atoms with Crippen molar-refractivity contribution >= 4 is 5.78 Å². The van der Waals surface area contributed by atoms with Crippen LogP contribution in [-0.4, -0.2) is 19.0 Å². The number of benzene rings is 1. The van der Waals surface area contributed by atoms with Crippen molar-refractivity contribution in [1.29, 1.82) is 0 Å². The number of ketones is 1. The van der Waals surface area contributed by atoms with E-state index in [1.54, 1.807) is 30.3 Å². The zero-order chi connectivity index (χ0) is 13.2. The van der Waals surface area contributed by atoms with Crippen LogP contribution in [0.2, 0.25) is 0 Å². The predicted octanol–water partition coefficient (Wildman–Crippen LogP) is 2.92. The molecule has 0 amide bonds. The number of hydrogen-bond acceptors (Lipinski definition) is 4. The second-order valence-corrected chi connectivity index (χ2v) is 4.70. The molecule has 0 saturated heterocycles. The molecule has 1 aromatic carbocycles. The highest BCUT2D eigenvalue weighted by atomic mass is 16.5. The summed E-state index contributed by atoms with van der Waals surface area (Å²) in [6.07, 6.45) is 1.48. The van der Waals surface area contributed by atoms with Gasteiger partial charge in [0.2, 0.25) is 5.78 Å². The van der Waals surface area contributed by atoms with Crippen molar-refractivity contribution in [2.45, 2.75) is 6.92 Å². The third kappa shape index (κ3) is 2.34. The predicted molar refractivity (Wildman–Crippen MR) is 68.7 cm³/mol. The normalized spacial score (nSPS) is 17.8. The molecule has 4 nitrogen and oxygen atoms in total. The molecule has 0 spiro atoms. The highest BCUT2D eigenvalue weighted by Crippen LogP contribution is 2.32. The molecule has 0 fully saturated rings. The molecule has 3 rings (SSSR count). The summed E-state index contributed by atoms with van der Waals surface area (Å²) in [5.74, 6) is 1.79. The summed E-state index contributed by atoms with van der Waals surface area (Å²) in [5.41, 5.74) is 0.534. The van der Waals surface area contributed by atoms with Crippen LogP contribution in [0.1, 0.15) is 23.0 Å². The third-order valence-electron chi connectivity index (χ3n) is 3.00. The Kier molecular flexibility index (Phi) is 2.99. The van der Waals surface area contributed by atoms with E-state index in [1.165, 1.54) is 6.26 Å². The van der Waals surface area contributed by atoms with Crippen molar-refractivity contribution in [3.05, 3.63) is 47.9 Å². The monoisotopic (exact) mass is 258 g/mol. The second kappa shape index (κ2) is 4.80. The lowest BCUT2D eigenvalue weighted by atomic mass is 10.1. The van der Waals surface area contributed by atoms with Crippen LogP contribution >= 0.6 is 0 Å². The van der Waals surface area contributed by atoms with Crippen LogP contribution in [-0.2, 0) is 0 Å². The zero-order valence-electron chi connectivity index (χ0n) is 10.6. The molecule has 1 atom stereocenters. The summed E-state index contributed by atoms with van der Waals surface area (Å²) in [4.78, 5) is 12.2. The number of carbonyl (C=O) groups excluding carboxylic acids is 1. The van der Waals surface area contributed by atoms with Gasteiger partial charge in [0.25, 0.3) is 0 Å². The Morgan fingerprint density at radius 1 is 1.16 bits per heavy atom. The van der Waals surface area contributed by atoms with Gasteiger partial charge in [0.1, 0.15) is 0 Å². The molecular weight excluding hydrogens is 244 g/mol. The fourth-order valence-electron chi connectivity index (χ4n) is 1.94. The molecule has 0 N–H and O–H groups in total. The van der Waals surface area contributed by atoms with Gasteiger partial charge in [-0.25, -0.2) is 0 Å². The van der Waals surface area contributed by atoms with Crippen LogP contribution in [0.3, 0.4) is 0 Å². The van der Waals surface area contributed by atoms with Gasteiger partial charge in [0.05, 0.1) is 19.5 Å². The van der Waals surface area contributed by atoms with Crippen LogP contribution < -0.4 is 9.47 Å². The van der Waals surface area contributed by atoms with Gasteiger partial charge in [-0.15, -0.1) is 0 Å². The molecule has 1 aliphatic heterocycles. The van der Waals surface area contributed by atoms with E-state index in [1.807, 2.05) is 0 Å². The van der Waals surface area contributed by atoms with Crippen molar-refractivity contribution in [3.8, 4) is 11.5 Å². The molecule has 4 heteroatoms. The van der Waals surface area contributed by atoms with Crippen LogP contribution in [0.4, 0.5) is 0 Å². The molecular formula is C15H14O4. The zero-order valence-corrected chi connectivity index (χ0v) is 10.6. The first-order valence-corrected chi connectivity index (χ1v) is 6.22. The number of carbonyl (C=O) groups is 1. The summed E-state index contributed by atoms with van der Waals surface area (Å²) in [7, 11) is 0. The topological polar surface area (TPSA) is 48.7 Å². The maximum atomic E-state index is 12.2. The largest absolute Gasteiger partial charge is 0.489 e. The minimum absolute atomic E-state index is 0.159. The van der Waals surface area contributed by atoms with Crippen molar-refractivity contribution in [2.75, 3.05) is 13.2 Å². The molecule has 0 saturated carbocycles. The lowest BCUT2D eigenvalue weighted by Gasteiger charge is -2.08. The Hall–Kier alpha value is -2.23. The SMILES string of the molecule is CC1COc2ccc(C(=O)c3ccco3)cc2OC1. The molecule has 1 aliphatic rings. The summed E-state index contributed by atoms with van der Waals surface area (Å²) >= 11 is 0. The standard InChI is InChI=1S/C15H14O4/c1-10-8-18-12-5-4-11(7-14(12)19-9-10)15(16)13-3-2-6-17-13/h2-7,10H,8-9H2,1H3. The third-order valence-corrected chi connectivity index (χ3v) is 3.00. The van der Waals surface area contributed by atoms with Crippen molar-refractivity contribution in [1.82, 2.24) is 0 Å². The lowest BCUT2D eigenvalue weighted by molar-refractivity contribution is 0.101. The quantitative estimate of drug-likeness (QED) is 0.777. The van der Waals surface area contributed by atoms with Crippen LogP contribution in [0.5, 0.6) is 11.5 Å². The Labute approximate surface area is 110 Å². The highest BCUT2D eigenvalue weighted by Gasteiger charge is 2.18. The van der Waals surface area contributed by atoms with E-state index in [2.05, 4.69) is 6.92 Å². The Morgan fingerprint density at radius 3 is 2.68 bits per heavy atom. The van der Waals surface area contributed by atoms with Crippen molar-refractivity contribution < 1.29 is 18.7 Å². The minimum atomic E-state index is -0.159. The van der Waals surface area contributed by atoms with E-state index in [0.29, 0.717) is 42.0 Å². The van der Waals surface area contributed by atoms with Gasteiger partial charge in [-0.05, 0) is 30.3 Å². The molecule has 19 heavy (non-hydrogen) atoms. The molecule has 98 valence electrons. The second-order valence-electron chi connectivity index (χ2n) is 4.70. The summed E-state index contributed by atoms with van der Waals surface area (Å²) < 4.78 is 16.4. The summed E-state index contributed by atoms with van der Waals surface area (Å²) in [5, 5.41) is 0. The number of ether oxygens (including phenoxy) is 2. The summed E-state index contributed by atoms with van der Waals surface area (Å²) in [6, 6.07) is 8.54. The van der Waals surface area contributed by atoms with E-state index in [4.69, 9.17) is 13.9 Å². The maximum absolute atomic E-state index is 12.2. The molecule has 1 aromatic heterocycles. The van der Waals surface area contributed by atoms with Gasteiger partial charge >= 0.3 is 0 Å². The van der Waals surface area contributed by atoms with Crippen molar-refractivity contribution in [2.24, 2.45) is 5.92 Å². The lowest BCUT2D eigenvalue weighted by Crippen LogP contribution is -2.12. The van der Waals surface area contributed by atoms with E-state index < -0.39 is 0 Å². The average molecular weight is 258 g/mol. The van der Waals surface area contributed by atoms with Gasteiger partial charge in [-0.1, -0.05) is 6.92 Å². The Bertz CT molecular complexity index is 586. The first-order chi connectivity index (χ1) is 9.24. The summed E-state index contributed by atoms with van der Waals surface area (Å²) in [6.45, 7) is 3.27. The average Bonchev–Trinajstić information content (AvgIpc) is 2.90. The van der Waals surface area contributed by atoms with Crippen molar-refractivity contribution in [3.63, 3.8) is 0 Å². The van der Waals surface area contributed by atoms with E-state index in [9.17, 15) is 4.79 Å². The van der Waals surface area contributed by atoms with Crippen LogP contribution in [0, 0.1) is 5.92 Å². The number of furan rings is 1. The van der Waals surface area contributed by atoms with E-state index >= 15 is 0 Å². The maximum Gasteiger partial charge on any atom is 0.228 e. The first-order valence-electron chi connectivity index (χ1n) is 6.22. The van der Waals surface area contributed by atoms with Gasteiger partial charge in [-0.3, -0.25) is 4.79 Å². The first kappa shape index (κ1) is 11.8. The smallest absolute Gasteiger partial charge is 0.228 e. The molecule has 0 bridgehead atoms. The molecule has 1 unspecified atom stereocenters. The van der Waals surface area contributed by atoms with Gasteiger partial charge in [0.15, 0.2) is 17.3 Å². The molecule has 0 radical (unpaired) electrons. The van der Waals surface area contributed by atoms with E-state index in [-0.39, 0.29) is 5.78 Å². The van der Waals surface area contributed by atoms with E-state index in [0.717, 1.165) is 0 Å². The van der Waals surface area contributed by atoms with Gasteiger partial charge < -0.3 is 13.9 Å². The number of hydrogen-bond donors (Lipinski definition) is 0. The fourth-order valence-corrected chi connectivity index (χ4v) is 1.94. The molecule has 0 aliphatic carbocycles. The van der Waals surface area contributed by atoms with Gasteiger partial charge in [0, 0.05) is 11.5 Å². The Balaban J connectivity index is 1.91. The fraction of sp³-hybridized carbons (Fsp3) is 0.267. The molecule has 2 aromatic rings. The highest BCUT2D eigenvalue weighted by molar-refractivity contribution is 6.07. The van der Waals surface area contributed by atoms with Gasteiger partial charge in [-0.2, -0.15) is 0 Å². The Morgan fingerprint density at radius 2 is 1.95 bits per heavy atom. The molecule has 2 heterocycles. The van der Waals surface area contributed by atoms with Crippen LogP contribution in [0.25, 0.3) is 0 Å². The van der Waals surface area contributed by atoms with Crippen LogP contribution in [0.15, 0.2) is 41.0 Å². The number of fused-ring (bicyclic) bond motifs is 1.